The Kier molecular flexibility index (Phi) is 8.75. The van der Waals surface area contributed by atoms with Gasteiger partial charge in [-0.2, -0.15) is 0 Å². The fraction of sp³-hybridized carbons (Fsp3) is 0.909. The first kappa shape index (κ1) is 16.1. The summed E-state index contributed by atoms with van der Waals surface area (Å²) in [5.41, 5.74) is 2.58. The summed E-state index contributed by atoms with van der Waals surface area (Å²) in [5, 5.41) is 3.16. The smallest absolute Gasteiger partial charge is 0.206 e. The van der Waals surface area contributed by atoms with Crippen molar-refractivity contribution in [2.45, 2.75) is 32.4 Å². The van der Waals surface area contributed by atoms with Crippen LogP contribution < -0.4 is 16.6 Å². The maximum atomic E-state index is 5.43. The van der Waals surface area contributed by atoms with E-state index < -0.39 is 0 Å². The second-order valence-electron chi connectivity index (χ2n) is 4.56. The maximum Gasteiger partial charge on any atom is 0.206 e. The van der Waals surface area contributed by atoms with Gasteiger partial charge in [-0.15, -0.1) is 0 Å². The molecule has 0 aromatic carbocycles. The highest BCUT2D eigenvalue weighted by molar-refractivity contribution is 5.79. The molecule has 17 heavy (non-hydrogen) atoms. The molecule has 0 saturated heterocycles. The average molecular weight is 245 g/mol. The third-order valence-corrected chi connectivity index (χ3v) is 2.28. The Balaban J connectivity index is 4.13. The van der Waals surface area contributed by atoms with Crippen LogP contribution >= 0.6 is 0 Å². The van der Waals surface area contributed by atoms with Gasteiger partial charge in [0.25, 0.3) is 0 Å². The van der Waals surface area contributed by atoms with Crippen molar-refractivity contribution in [2.24, 2.45) is 10.8 Å². The minimum Gasteiger partial charge on any atom is -0.383 e. The number of hydrogen-bond donors (Lipinski definition) is 3. The van der Waals surface area contributed by atoms with Gasteiger partial charge >= 0.3 is 0 Å². The third-order valence-electron chi connectivity index (χ3n) is 2.28. The van der Waals surface area contributed by atoms with Crippen molar-refractivity contribution in [1.82, 2.24) is 15.6 Å². The first-order chi connectivity index (χ1) is 7.99. The lowest BCUT2D eigenvalue weighted by Crippen LogP contribution is -2.47. The van der Waals surface area contributed by atoms with Crippen molar-refractivity contribution in [3.8, 4) is 0 Å². The molecular formula is C11H27N5O. The van der Waals surface area contributed by atoms with E-state index in [4.69, 9.17) is 10.6 Å². The van der Waals surface area contributed by atoms with Crippen LogP contribution in [-0.4, -0.2) is 57.3 Å². The minimum atomic E-state index is 0.177. The zero-order chi connectivity index (χ0) is 13.3. The monoisotopic (exact) mass is 245 g/mol. The summed E-state index contributed by atoms with van der Waals surface area (Å²) in [4.78, 5) is 6.62. The van der Waals surface area contributed by atoms with E-state index in [1.54, 1.807) is 7.11 Å². The highest BCUT2D eigenvalue weighted by Gasteiger charge is 2.06. The first-order valence-electron chi connectivity index (χ1n) is 5.94. The van der Waals surface area contributed by atoms with Gasteiger partial charge in [-0.05, 0) is 40.9 Å². The zero-order valence-corrected chi connectivity index (χ0v) is 11.7. The number of guanidine groups is 1. The number of nitrogens with two attached hydrogens (primary N) is 1. The zero-order valence-electron chi connectivity index (χ0n) is 11.7. The van der Waals surface area contributed by atoms with Crippen LogP contribution in [0.25, 0.3) is 0 Å². The van der Waals surface area contributed by atoms with E-state index in [0.29, 0.717) is 12.6 Å². The molecular weight excluding hydrogens is 218 g/mol. The Morgan fingerprint density at radius 1 is 1.41 bits per heavy atom. The minimum absolute atomic E-state index is 0.177. The number of hydrogen-bond acceptors (Lipinski definition) is 4. The molecule has 0 amide bonds. The molecule has 0 fully saturated rings. The predicted molar refractivity (Wildman–Crippen MR) is 71.9 cm³/mol. The van der Waals surface area contributed by atoms with Crippen molar-refractivity contribution < 1.29 is 4.74 Å². The Bertz CT molecular complexity index is 220. The second kappa shape index (κ2) is 9.21. The normalized spacial score (nSPS) is 15.8. The Hall–Kier alpha value is -0.850. The molecule has 6 heteroatoms. The van der Waals surface area contributed by atoms with Gasteiger partial charge < -0.3 is 15.0 Å². The maximum absolute atomic E-state index is 5.43. The number of ether oxygens (including phenoxy) is 1. The van der Waals surface area contributed by atoms with Gasteiger partial charge in [-0.1, -0.05) is 0 Å². The summed E-state index contributed by atoms with van der Waals surface area (Å²) in [7, 11) is 5.78. The molecule has 0 aromatic heterocycles. The van der Waals surface area contributed by atoms with E-state index in [-0.39, 0.29) is 12.1 Å². The van der Waals surface area contributed by atoms with Crippen molar-refractivity contribution in [1.29, 1.82) is 0 Å². The molecule has 0 spiro atoms. The molecule has 0 heterocycles. The van der Waals surface area contributed by atoms with Crippen molar-refractivity contribution in [2.75, 3.05) is 34.4 Å². The highest BCUT2D eigenvalue weighted by atomic mass is 16.5. The van der Waals surface area contributed by atoms with Crippen LogP contribution in [0, 0.1) is 0 Å². The van der Waals surface area contributed by atoms with Crippen LogP contribution in [0.5, 0.6) is 0 Å². The quantitative estimate of drug-likeness (QED) is 0.250. The molecule has 0 saturated carbocycles. The molecule has 0 radical (unpaired) electrons. The van der Waals surface area contributed by atoms with Crippen LogP contribution in [0.2, 0.25) is 0 Å². The number of nitrogens with one attached hydrogen (secondary N) is 2. The van der Waals surface area contributed by atoms with Crippen LogP contribution in [0.4, 0.5) is 0 Å². The van der Waals surface area contributed by atoms with E-state index in [9.17, 15) is 0 Å². The topological polar surface area (TPSA) is 74.9 Å². The average Bonchev–Trinajstić information content (AvgIpc) is 2.25. The molecule has 0 rings (SSSR count). The van der Waals surface area contributed by atoms with Crippen LogP contribution in [-0.2, 0) is 4.74 Å². The molecule has 0 aromatic rings. The standard InChI is InChI=1S/C11H27N5O/c1-9(6-7-16(3)4)13-11(15-12)14-10(2)8-17-5/h9-10H,6-8,12H2,1-5H3,(H2,13,14,15). The number of methoxy groups -OCH3 is 1. The fourth-order valence-electron chi connectivity index (χ4n) is 1.37. The van der Waals surface area contributed by atoms with Crippen molar-refractivity contribution in [3.63, 3.8) is 0 Å². The molecule has 0 aliphatic carbocycles. The molecule has 2 unspecified atom stereocenters. The largest absolute Gasteiger partial charge is 0.383 e. The van der Waals surface area contributed by atoms with Gasteiger partial charge in [0.2, 0.25) is 5.96 Å². The number of aliphatic imine (C=N–C) groups is 1. The Morgan fingerprint density at radius 3 is 2.53 bits per heavy atom. The van der Waals surface area contributed by atoms with E-state index in [1.807, 2.05) is 6.92 Å². The molecule has 102 valence electrons. The Labute approximate surface area is 105 Å². The highest BCUT2D eigenvalue weighted by Crippen LogP contribution is 1.97. The lowest BCUT2D eigenvalue weighted by atomic mass is 10.2. The first-order valence-corrected chi connectivity index (χ1v) is 5.94. The van der Waals surface area contributed by atoms with E-state index >= 15 is 0 Å². The third kappa shape index (κ3) is 8.91. The van der Waals surface area contributed by atoms with Gasteiger partial charge in [-0.3, -0.25) is 5.43 Å². The summed E-state index contributed by atoms with van der Waals surface area (Å²) < 4.78 is 5.04. The molecule has 0 bridgehead atoms. The summed E-state index contributed by atoms with van der Waals surface area (Å²) in [6, 6.07) is 0.404. The van der Waals surface area contributed by atoms with Crippen molar-refractivity contribution in [3.05, 3.63) is 0 Å². The SMILES string of the molecule is COCC(C)NC(=NC(C)CCN(C)C)NN. The van der Waals surface area contributed by atoms with Gasteiger partial charge in [-0.25, -0.2) is 10.8 Å². The van der Waals surface area contributed by atoms with Gasteiger partial charge in [0.15, 0.2) is 0 Å². The lowest BCUT2D eigenvalue weighted by Gasteiger charge is -2.18. The van der Waals surface area contributed by atoms with E-state index in [1.165, 1.54) is 0 Å². The predicted octanol–water partition coefficient (Wildman–Crippen LogP) is -0.230. The molecule has 0 aliphatic rings. The fourth-order valence-corrected chi connectivity index (χ4v) is 1.37. The molecule has 6 nitrogen and oxygen atoms in total. The van der Waals surface area contributed by atoms with Crippen LogP contribution in [0.15, 0.2) is 4.99 Å². The molecule has 2 atom stereocenters. The summed E-state index contributed by atoms with van der Waals surface area (Å²) >= 11 is 0. The molecule has 0 aliphatic heterocycles. The summed E-state index contributed by atoms with van der Waals surface area (Å²) in [6.45, 7) is 5.72. The number of hydrazine groups is 1. The number of nitrogens with zero attached hydrogens (tertiary/aromatic N) is 2. The van der Waals surface area contributed by atoms with Crippen molar-refractivity contribution >= 4 is 5.96 Å². The lowest BCUT2D eigenvalue weighted by molar-refractivity contribution is 0.179. The Morgan fingerprint density at radius 2 is 2.06 bits per heavy atom. The molecule has 4 N–H and O–H groups in total. The van der Waals surface area contributed by atoms with Crippen LogP contribution in [0.1, 0.15) is 20.3 Å². The van der Waals surface area contributed by atoms with E-state index in [0.717, 1.165) is 13.0 Å². The van der Waals surface area contributed by atoms with Gasteiger partial charge in [0.05, 0.1) is 12.6 Å². The van der Waals surface area contributed by atoms with Crippen LogP contribution in [0.3, 0.4) is 0 Å². The van der Waals surface area contributed by atoms with Gasteiger partial charge in [0, 0.05) is 13.2 Å². The van der Waals surface area contributed by atoms with E-state index in [2.05, 4.69) is 41.7 Å². The second-order valence-corrected chi connectivity index (χ2v) is 4.56. The summed E-state index contributed by atoms with van der Waals surface area (Å²) in [5.74, 6) is 6.04. The van der Waals surface area contributed by atoms with Gasteiger partial charge in [0.1, 0.15) is 0 Å². The number of rotatable bonds is 7. The summed E-state index contributed by atoms with van der Waals surface area (Å²) in [6.07, 6.45) is 0.999.